The standard InChI is InChI=1S/C22H24ClN3O3S.HI/c1-26(2)12-9-14(10-13-26)8-11-25-21(28)15-4-3-5-16(19(15)22(25)29)24-20(27)17-6-7-18(23)30-17;/h3-7,14H,8-13H2,1-2H3;1H. The van der Waals surface area contributed by atoms with Gasteiger partial charge < -0.3 is 33.8 Å². The third kappa shape index (κ3) is 5.13. The number of carbonyl (C=O) groups is 3. The molecule has 3 amide bonds. The Labute approximate surface area is 208 Å². The molecular weight excluding hydrogens is 549 g/mol. The van der Waals surface area contributed by atoms with Gasteiger partial charge in [-0.1, -0.05) is 17.7 Å². The number of anilines is 1. The molecule has 2 aromatic rings. The Hall–Kier alpha value is -1.49. The van der Waals surface area contributed by atoms with Crippen molar-refractivity contribution in [2.24, 2.45) is 5.92 Å². The van der Waals surface area contributed by atoms with E-state index in [1.165, 1.54) is 4.90 Å². The van der Waals surface area contributed by atoms with Gasteiger partial charge in [-0.15, -0.1) is 11.3 Å². The highest BCUT2D eigenvalue weighted by atomic mass is 127. The number of rotatable bonds is 5. The van der Waals surface area contributed by atoms with E-state index in [2.05, 4.69) is 19.4 Å². The fraction of sp³-hybridized carbons (Fsp3) is 0.409. The lowest BCUT2D eigenvalue weighted by molar-refractivity contribution is -0.896. The molecule has 9 heteroatoms. The first kappa shape index (κ1) is 24.2. The third-order valence-corrected chi connectivity index (χ3v) is 7.32. The molecule has 4 rings (SSSR count). The zero-order chi connectivity index (χ0) is 21.5. The first-order valence-corrected chi connectivity index (χ1v) is 11.3. The van der Waals surface area contributed by atoms with Crippen molar-refractivity contribution < 1.29 is 42.8 Å². The van der Waals surface area contributed by atoms with Crippen molar-refractivity contribution in [3.8, 4) is 0 Å². The quantitative estimate of drug-likeness (QED) is 0.332. The molecule has 0 radical (unpaired) electrons. The first-order chi connectivity index (χ1) is 14.2. The number of quaternary nitrogens is 1. The van der Waals surface area contributed by atoms with Crippen LogP contribution in [0.25, 0.3) is 0 Å². The molecule has 1 saturated heterocycles. The molecule has 0 spiro atoms. The first-order valence-electron chi connectivity index (χ1n) is 10.1. The van der Waals surface area contributed by atoms with Crippen LogP contribution >= 0.6 is 22.9 Å². The summed E-state index contributed by atoms with van der Waals surface area (Å²) in [4.78, 5) is 40.2. The number of nitrogens with one attached hydrogen (secondary N) is 1. The predicted molar refractivity (Wildman–Crippen MR) is 118 cm³/mol. The summed E-state index contributed by atoms with van der Waals surface area (Å²) in [6.45, 7) is 2.66. The number of imide groups is 1. The lowest BCUT2D eigenvalue weighted by Gasteiger charge is -2.37. The van der Waals surface area contributed by atoms with Gasteiger partial charge >= 0.3 is 0 Å². The number of benzene rings is 1. The molecule has 166 valence electrons. The second-order valence-electron chi connectivity index (χ2n) is 8.66. The number of nitrogens with zero attached hydrogens (tertiary/aromatic N) is 2. The maximum absolute atomic E-state index is 13.1. The Bertz CT molecular complexity index is 1010. The lowest BCUT2D eigenvalue weighted by atomic mass is 9.92. The van der Waals surface area contributed by atoms with Gasteiger partial charge in [-0.25, -0.2) is 0 Å². The van der Waals surface area contributed by atoms with Gasteiger partial charge in [-0.2, -0.15) is 0 Å². The Kier molecular flexibility index (Phi) is 7.45. The summed E-state index contributed by atoms with van der Waals surface area (Å²) in [5.41, 5.74) is 0.989. The van der Waals surface area contributed by atoms with Gasteiger partial charge in [0.05, 0.1) is 53.2 Å². The third-order valence-electron chi connectivity index (χ3n) is 6.09. The van der Waals surface area contributed by atoms with Crippen LogP contribution in [0.5, 0.6) is 0 Å². The van der Waals surface area contributed by atoms with E-state index in [9.17, 15) is 14.4 Å². The van der Waals surface area contributed by atoms with Crippen molar-refractivity contribution in [3.05, 3.63) is 50.7 Å². The van der Waals surface area contributed by atoms with E-state index >= 15 is 0 Å². The van der Waals surface area contributed by atoms with Crippen molar-refractivity contribution in [2.75, 3.05) is 39.0 Å². The maximum Gasteiger partial charge on any atom is 0.265 e. The number of hydrogen-bond acceptors (Lipinski definition) is 4. The van der Waals surface area contributed by atoms with Crippen LogP contribution in [-0.4, -0.2) is 60.8 Å². The molecule has 31 heavy (non-hydrogen) atoms. The molecule has 1 N–H and O–H groups in total. The molecule has 0 bridgehead atoms. The monoisotopic (exact) mass is 573 g/mol. The molecule has 2 aliphatic rings. The summed E-state index contributed by atoms with van der Waals surface area (Å²) < 4.78 is 1.54. The molecule has 1 aromatic carbocycles. The van der Waals surface area contributed by atoms with E-state index < -0.39 is 0 Å². The number of piperidine rings is 1. The summed E-state index contributed by atoms with van der Waals surface area (Å²) in [5.74, 6) is -0.427. The molecule has 0 atom stereocenters. The molecule has 0 unspecified atom stereocenters. The molecule has 0 saturated carbocycles. The van der Waals surface area contributed by atoms with Crippen LogP contribution in [-0.2, 0) is 0 Å². The smallest absolute Gasteiger partial charge is 0.265 e. The van der Waals surface area contributed by atoms with Gasteiger partial charge in [-0.3, -0.25) is 19.3 Å². The van der Waals surface area contributed by atoms with E-state index in [1.807, 2.05) is 0 Å². The minimum absolute atomic E-state index is 0. The Balaban J connectivity index is 0.00000272. The average molecular weight is 574 g/mol. The van der Waals surface area contributed by atoms with Crippen molar-refractivity contribution >= 4 is 46.3 Å². The normalized spacial score (nSPS) is 18.0. The van der Waals surface area contributed by atoms with Gasteiger partial charge in [0.25, 0.3) is 17.7 Å². The molecule has 3 heterocycles. The Morgan fingerprint density at radius 2 is 1.87 bits per heavy atom. The van der Waals surface area contributed by atoms with Crippen LogP contribution in [0.4, 0.5) is 5.69 Å². The van der Waals surface area contributed by atoms with Gasteiger partial charge in [0, 0.05) is 6.54 Å². The average Bonchev–Trinajstić information content (AvgIpc) is 3.24. The summed E-state index contributed by atoms with van der Waals surface area (Å²) in [5, 5.41) is 2.77. The van der Waals surface area contributed by atoms with E-state index in [0.717, 1.165) is 48.2 Å². The van der Waals surface area contributed by atoms with E-state index in [-0.39, 0.29) is 47.3 Å². The molecule has 1 aromatic heterocycles. The number of amides is 3. The summed E-state index contributed by atoms with van der Waals surface area (Å²) in [6.07, 6.45) is 3.04. The summed E-state index contributed by atoms with van der Waals surface area (Å²) in [7, 11) is 4.47. The summed E-state index contributed by atoms with van der Waals surface area (Å²) in [6, 6.07) is 8.27. The number of thiophene rings is 1. The molecule has 0 aliphatic carbocycles. The highest BCUT2D eigenvalue weighted by molar-refractivity contribution is 7.18. The number of halogens is 2. The van der Waals surface area contributed by atoms with Crippen LogP contribution in [0.2, 0.25) is 4.34 Å². The fourth-order valence-corrected chi connectivity index (χ4v) is 5.12. The molecular formula is C22H25ClIN3O3S. The second-order valence-corrected chi connectivity index (χ2v) is 10.4. The minimum Gasteiger partial charge on any atom is -1.00 e. The number of likely N-dealkylation sites (tertiary alicyclic amines) is 1. The Morgan fingerprint density at radius 1 is 1.16 bits per heavy atom. The summed E-state index contributed by atoms with van der Waals surface area (Å²) >= 11 is 7.07. The Morgan fingerprint density at radius 3 is 2.52 bits per heavy atom. The van der Waals surface area contributed by atoms with Crippen LogP contribution in [0.3, 0.4) is 0 Å². The molecule has 2 aliphatic heterocycles. The van der Waals surface area contributed by atoms with Crippen LogP contribution in [0, 0.1) is 5.92 Å². The van der Waals surface area contributed by atoms with Gasteiger partial charge in [0.15, 0.2) is 0 Å². The molecule has 1 fully saturated rings. The highest BCUT2D eigenvalue weighted by Crippen LogP contribution is 2.32. The predicted octanol–water partition coefficient (Wildman–Crippen LogP) is 1.13. The van der Waals surface area contributed by atoms with Crippen molar-refractivity contribution in [1.82, 2.24) is 4.90 Å². The van der Waals surface area contributed by atoms with E-state index in [1.54, 1.807) is 30.3 Å². The lowest BCUT2D eigenvalue weighted by Crippen LogP contribution is -3.00. The highest BCUT2D eigenvalue weighted by Gasteiger charge is 2.38. The number of carbonyl (C=O) groups excluding carboxylic acids is 3. The van der Waals surface area contributed by atoms with Gasteiger partial charge in [0.2, 0.25) is 0 Å². The fourth-order valence-electron chi connectivity index (χ4n) is 4.18. The zero-order valence-corrected chi connectivity index (χ0v) is 21.2. The second kappa shape index (κ2) is 9.56. The topological polar surface area (TPSA) is 66.5 Å². The number of fused-ring (bicyclic) bond motifs is 1. The maximum atomic E-state index is 13.1. The minimum atomic E-state index is -0.345. The van der Waals surface area contributed by atoms with Crippen LogP contribution in [0.15, 0.2) is 30.3 Å². The SMILES string of the molecule is C[N+]1(C)CCC(CCN2C(=O)c3cccc(NC(=O)c4ccc(Cl)s4)c3C2=O)CC1.[I-]. The van der Waals surface area contributed by atoms with Crippen LogP contribution in [0.1, 0.15) is 49.7 Å². The van der Waals surface area contributed by atoms with Gasteiger partial charge in [0.1, 0.15) is 0 Å². The van der Waals surface area contributed by atoms with Crippen molar-refractivity contribution in [3.63, 3.8) is 0 Å². The molecule has 6 nitrogen and oxygen atoms in total. The van der Waals surface area contributed by atoms with Gasteiger partial charge in [-0.05, 0) is 49.4 Å². The van der Waals surface area contributed by atoms with Crippen molar-refractivity contribution in [2.45, 2.75) is 19.3 Å². The van der Waals surface area contributed by atoms with Crippen molar-refractivity contribution in [1.29, 1.82) is 0 Å². The van der Waals surface area contributed by atoms with E-state index in [0.29, 0.717) is 32.9 Å². The van der Waals surface area contributed by atoms with E-state index in [4.69, 9.17) is 11.6 Å². The number of hydrogen-bond donors (Lipinski definition) is 1. The largest absolute Gasteiger partial charge is 1.00 e. The van der Waals surface area contributed by atoms with Crippen LogP contribution < -0.4 is 29.3 Å². The zero-order valence-electron chi connectivity index (χ0n) is 17.5.